The van der Waals surface area contributed by atoms with Crippen molar-refractivity contribution in [2.75, 3.05) is 7.11 Å². The minimum absolute atomic E-state index is 0.0130. The van der Waals surface area contributed by atoms with Crippen LogP contribution in [0.4, 0.5) is 0 Å². The van der Waals surface area contributed by atoms with Crippen LogP contribution in [0.5, 0.6) is 0 Å². The van der Waals surface area contributed by atoms with Crippen LogP contribution >= 0.6 is 0 Å². The molecule has 28 heavy (non-hydrogen) atoms. The Hall–Kier alpha value is -2.80. The zero-order valence-electron chi connectivity index (χ0n) is 16.6. The van der Waals surface area contributed by atoms with Gasteiger partial charge in [-0.05, 0) is 44.5 Å². The highest BCUT2D eigenvalue weighted by molar-refractivity contribution is 5.86. The van der Waals surface area contributed by atoms with Crippen molar-refractivity contribution >= 4 is 11.9 Å². The lowest BCUT2D eigenvalue weighted by molar-refractivity contribution is -0.146. The highest BCUT2D eigenvalue weighted by atomic mass is 16.5. The van der Waals surface area contributed by atoms with Crippen molar-refractivity contribution < 1.29 is 19.4 Å². The van der Waals surface area contributed by atoms with Gasteiger partial charge >= 0.3 is 5.97 Å². The normalized spacial score (nSPS) is 14.2. The lowest BCUT2D eigenvalue weighted by Crippen LogP contribution is -2.47. The molecule has 3 unspecified atom stereocenters. The fraction of sp³-hybridized carbons (Fsp3) is 0.429. The van der Waals surface area contributed by atoms with Crippen molar-refractivity contribution in [2.24, 2.45) is 0 Å². The zero-order valence-corrected chi connectivity index (χ0v) is 16.6. The molecule has 2 heterocycles. The van der Waals surface area contributed by atoms with Gasteiger partial charge in [-0.25, -0.2) is 0 Å². The lowest BCUT2D eigenvalue weighted by Gasteiger charge is -2.35. The summed E-state index contributed by atoms with van der Waals surface area (Å²) in [6.45, 7) is 5.21. The third kappa shape index (κ3) is 5.13. The highest BCUT2D eigenvalue weighted by Gasteiger charge is 2.38. The maximum atomic E-state index is 13.6. The van der Waals surface area contributed by atoms with Crippen molar-refractivity contribution in [1.29, 1.82) is 0 Å². The van der Waals surface area contributed by atoms with Gasteiger partial charge in [0.15, 0.2) is 0 Å². The molecule has 0 radical (unpaired) electrons. The summed E-state index contributed by atoms with van der Waals surface area (Å²) in [5, 5.41) is 10.2. The van der Waals surface area contributed by atoms with Gasteiger partial charge in [0.1, 0.15) is 6.23 Å². The van der Waals surface area contributed by atoms with Crippen LogP contribution in [0.3, 0.4) is 0 Å². The maximum Gasteiger partial charge on any atom is 0.306 e. The van der Waals surface area contributed by atoms with Gasteiger partial charge in [-0.1, -0.05) is 12.1 Å². The molecular weight excluding hydrogens is 358 g/mol. The van der Waals surface area contributed by atoms with Crippen LogP contribution in [-0.2, 0) is 14.3 Å². The second-order valence-electron chi connectivity index (χ2n) is 6.88. The van der Waals surface area contributed by atoms with E-state index in [-0.39, 0.29) is 18.4 Å². The summed E-state index contributed by atoms with van der Waals surface area (Å²) in [5.74, 6) is -2.05. The Morgan fingerprint density at radius 1 is 1.14 bits per heavy atom. The number of hydrogen-bond acceptors (Lipinski definition) is 6. The Morgan fingerprint density at radius 2 is 1.89 bits per heavy atom. The third-order valence-corrected chi connectivity index (χ3v) is 4.62. The summed E-state index contributed by atoms with van der Waals surface area (Å²) in [6, 6.07) is 8.67. The molecule has 0 saturated heterocycles. The van der Waals surface area contributed by atoms with E-state index in [2.05, 4.69) is 9.97 Å². The van der Waals surface area contributed by atoms with E-state index in [0.29, 0.717) is 5.69 Å². The predicted molar refractivity (Wildman–Crippen MR) is 104 cm³/mol. The Labute approximate surface area is 165 Å². The summed E-state index contributed by atoms with van der Waals surface area (Å²) < 4.78 is 4.87. The summed E-state index contributed by atoms with van der Waals surface area (Å²) >= 11 is 0. The average molecular weight is 385 g/mol. The monoisotopic (exact) mass is 385 g/mol. The molecule has 2 aromatic rings. The van der Waals surface area contributed by atoms with Crippen molar-refractivity contribution in [3.63, 3.8) is 0 Å². The number of nitrogens with zero attached hydrogens (tertiary/aromatic N) is 3. The largest absolute Gasteiger partial charge is 0.469 e. The molecule has 0 spiro atoms. The molecule has 7 nitrogen and oxygen atoms in total. The number of amides is 1. The third-order valence-electron chi connectivity index (χ3n) is 4.62. The first-order valence-corrected chi connectivity index (χ1v) is 9.24. The number of methoxy groups -OCH3 is 1. The Kier molecular flexibility index (Phi) is 7.63. The molecule has 2 aromatic heterocycles. The van der Waals surface area contributed by atoms with Gasteiger partial charge < -0.3 is 14.7 Å². The topological polar surface area (TPSA) is 92.6 Å². The summed E-state index contributed by atoms with van der Waals surface area (Å²) in [5.41, 5.74) is 1.25. The average Bonchev–Trinajstić information content (AvgIpc) is 2.68. The Balaban J connectivity index is 2.59. The minimum Gasteiger partial charge on any atom is -0.469 e. The van der Waals surface area contributed by atoms with Crippen molar-refractivity contribution in [3.8, 4) is 0 Å². The van der Waals surface area contributed by atoms with Gasteiger partial charge in [-0.2, -0.15) is 0 Å². The molecule has 0 aromatic carbocycles. The van der Waals surface area contributed by atoms with E-state index in [4.69, 9.17) is 4.74 Å². The molecule has 0 saturated carbocycles. The quantitative estimate of drug-likeness (QED) is 0.554. The fourth-order valence-electron chi connectivity index (χ4n) is 3.38. The Bertz CT molecular complexity index is 758. The number of rotatable bonds is 8. The highest BCUT2D eigenvalue weighted by Crippen LogP contribution is 2.37. The molecule has 0 fully saturated rings. The van der Waals surface area contributed by atoms with Crippen LogP contribution in [-0.4, -0.2) is 51.2 Å². The number of carbonyl (C=O) groups excluding carboxylic acids is 2. The van der Waals surface area contributed by atoms with Crippen LogP contribution in [0.25, 0.3) is 0 Å². The molecule has 2 rings (SSSR count). The number of carbonyl (C=O) groups is 2. The maximum absolute atomic E-state index is 13.6. The molecule has 1 N–H and O–H groups in total. The number of hydrogen-bond donors (Lipinski definition) is 1. The number of aromatic nitrogens is 2. The van der Waals surface area contributed by atoms with Crippen LogP contribution in [0.1, 0.15) is 50.3 Å². The second kappa shape index (κ2) is 9.94. The molecular formula is C21H27N3O4. The van der Waals surface area contributed by atoms with Gasteiger partial charge in [0.25, 0.3) is 0 Å². The van der Waals surface area contributed by atoms with E-state index in [0.717, 1.165) is 5.56 Å². The fourth-order valence-corrected chi connectivity index (χ4v) is 3.38. The second-order valence-corrected chi connectivity index (χ2v) is 6.88. The minimum atomic E-state index is -0.980. The number of esters is 1. The zero-order chi connectivity index (χ0) is 20.7. The van der Waals surface area contributed by atoms with Crippen molar-refractivity contribution in [1.82, 2.24) is 14.9 Å². The number of pyridine rings is 2. The number of aliphatic hydroxyl groups excluding tert-OH is 1. The van der Waals surface area contributed by atoms with Gasteiger partial charge in [0, 0.05) is 30.6 Å². The first-order chi connectivity index (χ1) is 13.4. The van der Waals surface area contributed by atoms with E-state index in [9.17, 15) is 14.7 Å². The van der Waals surface area contributed by atoms with E-state index < -0.39 is 24.0 Å². The van der Waals surface area contributed by atoms with Crippen molar-refractivity contribution in [2.45, 2.75) is 51.3 Å². The summed E-state index contributed by atoms with van der Waals surface area (Å²) in [4.78, 5) is 35.6. The molecule has 1 amide bonds. The predicted octanol–water partition coefficient (Wildman–Crippen LogP) is 2.48. The van der Waals surface area contributed by atoms with E-state index in [1.54, 1.807) is 49.8 Å². The van der Waals surface area contributed by atoms with Crippen LogP contribution in [0, 0.1) is 0 Å². The summed E-state index contributed by atoms with van der Waals surface area (Å²) in [7, 11) is 1.32. The molecule has 0 aliphatic rings. The van der Waals surface area contributed by atoms with E-state index in [1.165, 1.54) is 12.0 Å². The summed E-state index contributed by atoms with van der Waals surface area (Å²) in [6.07, 6.45) is 3.88. The first-order valence-electron chi connectivity index (χ1n) is 9.24. The van der Waals surface area contributed by atoms with Gasteiger partial charge in [0.05, 0.1) is 25.1 Å². The van der Waals surface area contributed by atoms with Gasteiger partial charge in [-0.15, -0.1) is 0 Å². The Morgan fingerprint density at radius 3 is 2.39 bits per heavy atom. The SMILES string of the molecule is COC(=O)CC(c1cccnc1)C(C(=O)N(C(C)C)C(C)O)c1ccccn1. The van der Waals surface area contributed by atoms with E-state index >= 15 is 0 Å². The van der Waals surface area contributed by atoms with Gasteiger partial charge in [0.2, 0.25) is 5.91 Å². The van der Waals surface area contributed by atoms with Crippen LogP contribution in [0.15, 0.2) is 48.9 Å². The molecule has 0 bridgehead atoms. The van der Waals surface area contributed by atoms with Crippen LogP contribution in [0.2, 0.25) is 0 Å². The standard InChI is InChI=1S/C21H27N3O4/c1-14(2)24(15(3)25)21(27)20(18-9-5-6-11-23-18)17(12-19(26)28-4)16-8-7-10-22-13-16/h5-11,13-15,17,20,25H,12H2,1-4H3. The number of ether oxygens (including phenoxy) is 1. The molecule has 0 aliphatic heterocycles. The molecule has 150 valence electrons. The first kappa shape index (κ1) is 21.5. The van der Waals surface area contributed by atoms with Crippen LogP contribution < -0.4 is 0 Å². The van der Waals surface area contributed by atoms with E-state index in [1.807, 2.05) is 19.9 Å². The molecule has 3 atom stereocenters. The molecule has 7 heteroatoms. The lowest BCUT2D eigenvalue weighted by atomic mass is 9.80. The van der Waals surface area contributed by atoms with Gasteiger partial charge in [-0.3, -0.25) is 19.6 Å². The van der Waals surface area contributed by atoms with Crippen molar-refractivity contribution in [3.05, 3.63) is 60.2 Å². The molecule has 0 aliphatic carbocycles. The number of aliphatic hydroxyl groups is 1. The smallest absolute Gasteiger partial charge is 0.306 e.